The van der Waals surface area contributed by atoms with Crippen LogP contribution in [-0.2, 0) is 0 Å². The molecule has 2 aliphatic heterocycles. The van der Waals surface area contributed by atoms with Crippen molar-refractivity contribution in [3.63, 3.8) is 0 Å². The van der Waals surface area contributed by atoms with Gasteiger partial charge in [-0.2, -0.15) is 13.2 Å². The molecule has 220 valence electrons. The third-order valence-corrected chi connectivity index (χ3v) is 8.32. The largest absolute Gasteiger partial charge is 0.391 e. The molecule has 1 unspecified atom stereocenters. The number of likely N-dealkylation sites (tertiary alicyclic amines) is 1. The van der Waals surface area contributed by atoms with Gasteiger partial charge in [0, 0.05) is 35.6 Å². The van der Waals surface area contributed by atoms with Crippen LogP contribution in [0.4, 0.5) is 17.6 Å². The van der Waals surface area contributed by atoms with Gasteiger partial charge < -0.3 is 20.1 Å². The molecule has 10 heteroatoms. The SMILES string of the molecule is Cc1cc(C(=O)NCCCN2CCC(C(F)(F)F)CC2)ccc1-n1cc(-c2ccc(C3CCCN3)cc2F)nc1C. The van der Waals surface area contributed by atoms with Gasteiger partial charge in [0.15, 0.2) is 0 Å². The Morgan fingerprint density at radius 1 is 1.10 bits per heavy atom. The first kappa shape index (κ1) is 29.3. The zero-order chi connectivity index (χ0) is 29.1. The minimum atomic E-state index is -4.11. The number of hydrogen-bond acceptors (Lipinski definition) is 4. The van der Waals surface area contributed by atoms with Crippen LogP contribution < -0.4 is 10.6 Å². The fourth-order valence-corrected chi connectivity index (χ4v) is 5.93. The van der Waals surface area contributed by atoms with Gasteiger partial charge in [-0.25, -0.2) is 9.37 Å². The minimum Gasteiger partial charge on any atom is -0.352 e. The van der Waals surface area contributed by atoms with Gasteiger partial charge in [-0.15, -0.1) is 0 Å². The van der Waals surface area contributed by atoms with Crippen molar-refractivity contribution < 1.29 is 22.4 Å². The van der Waals surface area contributed by atoms with Gasteiger partial charge in [0.1, 0.15) is 11.6 Å². The highest BCUT2D eigenvalue weighted by Gasteiger charge is 2.40. The molecule has 0 spiro atoms. The molecule has 0 saturated carbocycles. The molecule has 2 saturated heterocycles. The molecule has 41 heavy (non-hydrogen) atoms. The van der Waals surface area contributed by atoms with E-state index in [1.165, 1.54) is 0 Å². The standard InChI is InChI=1S/C31H37F4N5O/c1-20-17-23(30(41)37-13-4-14-39-15-10-24(11-16-39)31(33,34)35)7-9-29(20)40-19-28(38-21(40)2)25-8-6-22(18-26(25)32)27-5-3-12-36-27/h6-9,17-19,24,27,36H,3-5,10-16H2,1-2H3,(H,37,41). The maximum atomic E-state index is 15.1. The van der Waals surface area contributed by atoms with E-state index < -0.39 is 12.1 Å². The third kappa shape index (κ3) is 6.81. The number of rotatable bonds is 8. The number of nitrogens with one attached hydrogen (secondary N) is 2. The third-order valence-electron chi connectivity index (χ3n) is 8.32. The summed E-state index contributed by atoms with van der Waals surface area (Å²) in [6.07, 6.45) is 0.757. The minimum absolute atomic E-state index is 0.138. The van der Waals surface area contributed by atoms with Crippen LogP contribution in [0.15, 0.2) is 42.6 Å². The van der Waals surface area contributed by atoms with Crippen molar-refractivity contribution in [3.8, 4) is 16.9 Å². The van der Waals surface area contributed by atoms with Crippen molar-refractivity contribution in [1.82, 2.24) is 25.1 Å². The summed E-state index contributed by atoms with van der Waals surface area (Å²) < 4.78 is 55.5. The van der Waals surface area contributed by atoms with Crippen molar-refractivity contribution in [2.75, 3.05) is 32.7 Å². The van der Waals surface area contributed by atoms with Crippen LogP contribution in [0.5, 0.6) is 0 Å². The smallest absolute Gasteiger partial charge is 0.352 e. The summed E-state index contributed by atoms with van der Waals surface area (Å²) in [5.74, 6) is -0.984. The highest BCUT2D eigenvalue weighted by Crippen LogP contribution is 2.34. The van der Waals surface area contributed by atoms with Crippen molar-refractivity contribution in [1.29, 1.82) is 0 Å². The number of amides is 1. The van der Waals surface area contributed by atoms with Gasteiger partial charge in [-0.1, -0.05) is 6.07 Å². The summed E-state index contributed by atoms with van der Waals surface area (Å²) in [5.41, 5.74) is 4.21. The lowest BCUT2D eigenvalue weighted by atomic mass is 9.96. The highest BCUT2D eigenvalue weighted by atomic mass is 19.4. The summed E-state index contributed by atoms with van der Waals surface area (Å²) in [6, 6.07) is 11.0. The van der Waals surface area contributed by atoms with Crippen LogP contribution in [0.25, 0.3) is 16.9 Å². The maximum absolute atomic E-state index is 15.1. The number of imidazole rings is 1. The summed E-state index contributed by atoms with van der Waals surface area (Å²) in [5, 5.41) is 6.31. The molecule has 1 atom stereocenters. The summed E-state index contributed by atoms with van der Waals surface area (Å²) >= 11 is 0. The molecule has 6 nitrogen and oxygen atoms in total. The first-order valence-corrected chi connectivity index (χ1v) is 14.4. The van der Waals surface area contributed by atoms with Gasteiger partial charge >= 0.3 is 6.18 Å². The zero-order valence-corrected chi connectivity index (χ0v) is 23.5. The number of carbonyl (C=O) groups excluding carboxylic acids is 1. The van der Waals surface area contributed by atoms with E-state index in [0.717, 1.165) is 36.2 Å². The van der Waals surface area contributed by atoms with Gasteiger partial charge in [0.05, 0.1) is 11.6 Å². The Morgan fingerprint density at radius 2 is 1.88 bits per heavy atom. The average molecular weight is 572 g/mol. The topological polar surface area (TPSA) is 62.2 Å². The van der Waals surface area contributed by atoms with Crippen molar-refractivity contribution in [2.45, 2.75) is 58.2 Å². The first-order chi connectivity index (χ1) is 19.6. The second-order valence-electron chi connectivity index (χ2n) is 11.2. The average Bonchev–Trinajstić information content (AvgIpc) is 3.61. The lowest BCUT2D eigenvalue weighted by molar-refractivity contribution is -0.185. The Labute approximate surface area is 238 Å². The number of aromatic nitrogens is 2. The summed E-state index contributed by atoms with van der Waals surface area (Å²) in [4.78, 5) is 19.4. The molecule has 1 amide bonds. The number of alkyl halides is 3. The lowest BCUT2D eigenvalue weighted by Gasteiger charge is -2.32. The van der Waals surface area contributed by atoms with Crippen LogP contribution in [0.3, 0.4) is 0 Å². The Balaban J connectivity index is 1.17. The van der Waals surface area contributed by atoms with E-state index in [9.17, 15) is 18.0 Å². The fourth-order valence-electron chi connectivity index (χ4n) is 5.93. The molecular formula is C31H37F4N5O. The number of carbonyl (C=O) groups is 1. The van der Waals surface area contributed by atoms with E-state index in [0.29, 0.717) is 55.2 Å². The van der Waals surface area contributed by atoms with Crippen LogP contribution in [-0.4, -0.2) is 59.3 Å². The molecule has 0 bridgehead atoms. The van der Waals surface area contributed by atoms with Gasteiger partial charge in [-0.05, 0) is 114 Å². The van der Waals surface area contributed by atoms with Crippen molar-refractivity contribution in [2.24, 2.45) is 5.92 Å². The summed E-state index contributed by atoms with van der Waals surface area (Å²) in [6.45, 7) is 6.71. The summed E-state index contributed by atoms with van der Waals surface area (Å²) in [7, 11) is 0. The Hall–Kier alpha value is -3.24. The Morgan fingerprint density at radius 3 is 2.54 bits per heavy atom. The predicted molar refractivity (Wildman–Crippen MR) is 151 cm³/mol. The van der Waals surface area contributed by atoms with E-state index in [1.54, 1.807) is 18.2 Å². The molecule has 2 aliphatic rings. The van der Waals surface area contributed by atoms with Gasteiger partial charge in [0.2, 0.25) is 0 Å². The van der Waals surface area contributed by atoms with Crippen LogP contribution in [0, 0.1) is 25.6 Å². The monoisotopic (exact) mass is 571 g/mol. The fraction of sp³-hybridized carbons (Fsp3) is 0.484. The maximum Gasteiger partial charge on any atom is 0.391 e. The molecule has 1 aromatic heterocycles. The van der Waals surface area contributed by atoms with Gasteiger partial charge in [0.25, 0.3) is 5.91 Å². The number of halogens is 4. The van der Waals surface area contributed by atoms with E-state index in [-0.39, 0.29) is 30.6 Å². The van der Waals surface area contributed by atoms with Crippen LogP contribution >= 0.6 is 0 Å². The Bertz CT molecular complexity index is 1370. The number of piperidine rings is 1. The molecule has 2 aromatic carbocycles. The first-order valence-electron chi connectivity index (χ1n) is 14.4. The molecule has 3 aromatic rings. The normalized spacial score (nSPS) is 18.6. The number of benzene rings is 2. The lowest BCUT2D eigenvalue weighted by Crippen LogP contribution is -2.40. The van der Waals surface area contributed by atoms with E-state index in [1.807, 2.05) is 47.7 Å². The predicted octanol–water partition coefficient (Wildman–Crippen LogP) is 6.11. The van der Waals surface area contributed by atoms with Crippen LogP contribution in [0.2, 0.25) is 0 Å². The van der Waals surface area contributed by atoms with E-state index in [4.69, 9.17) is 0 Å². The second-order valence-corrected chi connectivity index (χ2v) is 11.2. The number of hydrogen-bond donors (Lipinski definition) is 2. The zero-order valence-electron chi connectivity index (χ0n) is 23.5. The van der Waals surface area contributed by atoms with Crippen molar-refractivity contribution >= 4 is 5.91 Å². The van der Waals surface area contributed by atoms with E-state index >= 15 is 4.39 Å². The molecule has 2 N–H and O–H groups in total. The molecule has 0 aliphatic carbocycles. The van der Waals surface area contributed by atoms with Gasteiger partial charge in [-0.3, -0.25) is 4.79 Å². The molecular weight excluding hydrogens is 534 g/mol. The van der Waals surface area contributed by atoms with Crippen LogP contribution in [0.1, 0.15) is 65.5 Å². The molecule has 2 fully saturated rings. The van der Waals surface area contributed by atoms with E-state index in [2.05, 4.69) is 15.6 Å². The second kappa shape index (κ2) is 12.3. The molecule has 3 heterocycles. The Kier molecular flexibility index (Phi) is 8.79. The number of nitrogens with zero attached hydrogens (tertiary/aromatic N) is 3. The van der Waals surface area contributed by atoms with Crippen molar-refractivity contribution in [3.05, 3.63) is 70.9 Å². The highest BCUT2D eigenvalue weighted by molar-refractivity contribution is 5.94. The molecule has 0 radical (unpaired) electrons. The number of aryl methyl sites for hydroxylation is 2. The quantitative estimate of drug-likeness (QED) is 0.253. The molecule has 5 rings (SSSR count).